The first-order valence-electron chi connectivity index (χ1n) is 13.8. The molecular formula is C31H36N2O9. The molecule has 3 atom stereocenters. The van der Waals surface area contributed by atoms with Crippen molar-refractivity contribution in [2.24, 2.45) is 10.9 Å². The number of carbonyl (C=O) groups excluding carboxylic acids is 2. The van der Waals surface area contributed by atoms with Crippen molar-refractivity contribution in [3.05, 3.63) is 81.0 Å². The van der Waals surface area contributed by atoms with Gasteiger partial charge in [0.2, 0.25) is 0 Å². The number of benzene rings is 2. The summed E-state index contributed by atoms with van der Waals surface area (Å²) in [5.41, 5.74) is 2.35. The predicted molar refractivity (Wildman–Crippen MR) is 153 cm³/mol. The number of esters is 2. The molecule has 11 nitrogen and oxygen atoms in total. The summed E-state index contributed by atoms with van der Waals surface area (Å²) >= 11 is 0. The van der Waals surface area contributed by atoms with Crippen LogP contribution in [-0.4, -0.2) is 61.4 Å². The third-order valence-electron chi connectivity index (χ3n) is 7.21. The molecule has 0 N–H and O–H groups in total. The van der Waals surface area contributed by atoms with Crippen molar-refractivity contribution in [2.75, 3.05) is 26.9 Å². The summed E-state index contributed by atoms with van der Waals surface area (Å²) in [7, 11) is 1.25. The molecule has 2 aliphatic heterocycles. The number of nitro benzene ring substituents is 1. The summed E-state index contributed by atoms with van der Waals surface area (Å²) in [4.78, 5) is 41.5. The Morgan fingerprint density at radius 1 is 1.14 bits per heavy atom. The Bertz CT molecular complexity index is 1380. The third-order valence-corrected chi connectivity index (χ3v) is 7.21. The second-order valence-electron chi connectivity index (χ2n) is 10.7. The number of ether oxygens (including phenoxy) is 5. The summed E-state index contributed by atoms with van der Waals surface area (Å²) in [5.74, 6) is -2.86. The Morgan fingerprint density at radius 3 is 2.52 bits per heavy atom. The number of aryl methyl sites for hydroxylation is 1. The molecule has 0 radical (unpaired) electrons. The van der Waals surface area contributed by atoms with Gasteiger partial charge in [-0.1, -0.05) is 24.3 Å². The largest absolute Gasteiger partial charge is 0.491 e. The van der Waals surface area contributed by atoms with E-state index in [1.54, 1.807) is 19.9 Å². The van der Waals surface area contributed by atoms with Crippen LogP contribution in [0.4, 0.5) is 5.69 Å². The van der Waals surface area contributed by atoms with Crippen molar-refractivity contribution in [3.8, 4) is 5.75 Å². The van der Waals surface area contributed by atoms with Gasteiger partial charge in [-0.3, -0.25) is 19.9 Å². The highest BCUT2D eigenvalue weighted by molar-refractivity contribution is 6.07. The molecule has 0 bridgehead atoms. The van der Waals surface area contributed by atoms with Crippen LogP contribution in [0.5, 0.6) is 5.75 Å². The summed E-state index contributed by atoms with van der Waals surface area (Å²) in [6.45, 7) is 8.09. The van der Waals surface area contributed by atoms with Crippen LogP contribution in [0.25, 0.3) is 0 Å². The van der Waals surface area contributed by atoms with Crippen molar-refractivity contribution in [1.82, 2.24) is 0 Å². The molecule has 1 fully saturated rings. The highest BCUT2D eigenvalue weighted by Crippen LogP contribution is 2.41. The zero-order valence-electron chi connectivity index (χ0n) is 24.5. The first-order chi connectivity index (χ1) is 20.0. The molecule has 2 aromatic carbocycles. The molecule has 0 amide bonds. The Hall–Kier alpha value is -4.09. The molecule has 42 heavy (non-hydrogen) atoms. The van der Waals surface area contributed by atoms with Crippen LogP contribution in [0, 0.1) is 16.0 Å². The molecule has 0 spiro atoms. The van der Waals surface area contributed by atoms with Gasteiger partial charge in [0.1, 0.15) is 24.4 Å². The monoisotopic (exact) mass is 580 g/mol. The maximum Gasteiger partial charge on any atom is 0.336 e. The molecule has 2 heterocycles. The van der Waals surface area contributed by atoms with Crippen molar-refractivity contribution >= 4 is 23.3 Å². The maximum absolute atomic E-state index is 13.4. The number of nitro groups is 1. The second kappa shape index (κ2) is 13.3. The Morgan fingerprint density at radius 2 is 1.88 bits per heavy atom. The predicted octanol–water partition coefficient (Wildman–Crippen LogP) is 4.92. The molecule has 0 saturated carbocycles. The molecule has 1 saturated heterocycles. The summed E-state index contributed by atoms with van der Waals surface area (Å²) in [5, 5.41) is 11.4. The van der Waals surface area contributed by atoms with Gasteiger partial charge < -0.3 is 23.7 Å². The van der Waals surface area contributed by atoms with Gasteiger partial charge in [-0.2, -0.15) is 0 Å². The fourth-order valence-electron chi connectivity index (χ4n) is 5.23. The fraction of sp³-hybridized carbons (Fsp3) is 0.452. The molecule has 4 rings (SSSR count). The van der Waals surface area contributed by atoms with E-state index in [1.165, 1.54) is 25.3 Å². The van der Waals surface area contributed by atoms with Gasteiger partial charge in [0.25, 0.3) is 5.69 Å². The first kappa shape index (κ1) is 30.9. The lowest BCUT2D eigenvalue weighted by atomic mass is 9.75. The Balaban J connectivity index is 1.38. The highest BCUT2D eigenvalue weighted by atomic mass is 16.7. The number of aliphatic imine (C=N–C) groups is 1. The average Bonchev–Trinajstić information content (AvgIpc) is 3.32. The number of hydrogen-bond acceptors (Lipinski definition) is 10. The summed E-state index contributed by atoms with van der Waals surface area (Å²) in [6.07, 6.45) is 1.10. The quantitative estimate of drug-likeness (QED) is 0.157. The molecule has 0 aliphatic carbocycles. The molecule has 2 aromatic rings. The highest BCUT2D eigenvalue weighted by Gasteiger charge is 2.42. The maximum atomic E-state index is 13.4. The number of non-ortho nitro benzene ring substituents is 1. The van der Waals surface area contributed by atoms with Crippen LogP contribution < -0.4 is 4.74 Å². The van der Waals surface area contributed by atoms with E-state index >= 15 is 0 Å². The minimum atomic E-state index is -0.928. The SMILES string of the molecule is COC(=O)C1C(C)=NC(C)=C(C(=O)OCCCc2ccc(OCC3COC(C)(C)O3)cc2)C1c1cccc([N+](=O)[O-])c1. The lowest BCUT2D eigenvalue weighted by Gasteiger charge is -2.31. The second-order valence-corrected chi connectivity index (χ2v) is 10.7. The minimum absolute atomic E-state index is 0.119. The standard InChI is InChI=1S/C31H36N2O9/c1-19-26(29(34)38-5)28(22-9-6-10-23(16-22)33(36)37)27(20(2)32-19)30(35)39-15-7-8-21-11-13-24(14-12-21)40-17-25-18-41-31(3,4)42-25/h6,9-14,16,25-26,28H,7-8,15,17-18H2,1-5H3. The van der Waals surface area contributed by atoms with Crippen LogP contribution in [0.3, 0.4) is 0 Å². The fourth-order valence-corrected chi connectivity index (χ4v) is 5.23. The number of hydrogen-bond donors (Lipinski definition) is 0. The van der Waals surface area contributed by atoms with Gasteiger partial charge in [0, 0.05) is 29.5 Å². The van der Waals surface area contributed by atoms with Crippen LogP contribution in [0.2, 0.25) is 0 Å². The van der Waals surface area contributed by atoms with E-state index in [2.05, 4.69) is 4.99 Å². The van der Waals surface area contributed by atoms with E-state index in [0.717, 1.165) is 11.3 Å². The van der Waals surface area contributed by atoms with Gasteiger partial charge in [0.15, 0.2) is 5.79 Å². The van der Waals surface area contributed by atoms with Crippen LogP contribution >= 0.6 is 0 Å². The van der Waals surface area contributed by atoms with Crippen LogP contribution in [0.15, 0.2) is 64.8 Å². The molecule has 2 aliphatic rings. The number of methoxy groups -OCH3 is 1. The van der Waals surface area contributed by atoms with Gasteiger partial charge in [0.05, 0.1) is 30.8 Å². The van der Waals surface area contributed by atoms with Crippen LogP contribution in [0.1, 0.15) is 51.2 Å². The Kier molecular flexibility index (Phi) is 9.74. The van der Waals surface area contributed by atoms with Gasteiger partial charge in [-0.15, -0.1) is 0 Å². The van der Waals surface area contributed by atoms with Crippen molar-refractivity contribution in [2.45, 2.75) is 58.3 Å². The van der Waals surface area contributed by atoms with Crippen molar-refractivity contribution in [3.63, 3.8) is 0 Å². The van der Waals surface area contributed by atoms with E-state index in [-0.39, 0.29) is 24.0 Å². The van der Waals surface area contributed by atoms with Crippen LogP contribution in [-0.2, 0) is 35.0 Å². The third kappa shape index (κ3) is 7.40. The molecular weight excluding hydrogens is 544 g/mol. The van der Waals surface area contributed by atoms with Gasteiger partial charge >= 0.3 is 11.9 Å². The lowest BCUT2D eigenvalue weighted by molar-refractivity contribution is -0.384. The number of carbonyl (C=O) groups is 2. The minimum Gasteiger partial charge on any atom is -0.491 e. The van der Waals surface area contributed by atoms with E-state index in [4.69, 9.17) is 23.7 Å². The van der Waals surface area contributed by atoms with Gasteiger partial charge in [-0.05, 0) is 63.8 Å². The van der Waals surface area contributed by atoms with E-state index in [1.807, 2.05) is 38.1 Å². The van der Waals surface area contributed by atoms with Gasteiger partial charge in [-0.25, -0.2) is 4.79 Å². The number of allylic oxidation sites excluding steroid dienone is 1. The summed E-state index contributed by atoms with van der Waals surface area (Å²) in [6, 6.07) is 13.6. The molecule has 0 aromatic heterocycles. The Labute approximate surface area is 244 Å². The normalized spacial score (nSPS) is 21.5. The summed E-state index contributed by atoms with van der Waals surface area (Å²) < 4.78 is 27.8. The molecule has 224 valence electrons. The van der Waals surface area contributed by atoms with E-state index in [0.29, 0.717) is 43.0 Å². The molecule has 11 heteroatoms. The topological polar surface area (TPSA) is 136 Å². The van der Waals surface area contributed by atoms with Crippen molar-refractivity contribution in [1.29, 1.82) is 0 Å². The first-order valence-corrected chi connectivity index (χ1v) is 13.8. The van der Waals surface area contributed by atoms with Crippen molar-refractivity contribution < 1.29 is 38.2 Å². The number of rotatable bonds is 11. The molecule has 3 unspecified atom stereocenters. The number of nitrogens with zero attached hydrogens (tertiary/aromatic N) is 2. The smallest absolute Gasteiger partial charge is 0.336 e. The average molecular weight is 581 g/mol. The van der Waals surface area contributed by atoms with E-state index in [9.17, 15) is 19.7 Å². The zero-order chi connectivity index (χ0) is 30.4. The zero-order valence-corrected chi connectivity index (χ0v) is 24.5. The van der Waals surface area contributed by atoms with E-state index < -0.39 is 34.5 Å². The lowest BCUT2D eigenvalue weighted by Crippen LogP contribution is -2.36.